The van der Waals surface area contributed by atoms with E-state index in [0.29, 0.717) is 17.3 Å². The number of nitrogens with zero attached hydrogens (tertiary/aromatic N) is 5. The molecule has 0 saturated heterocycles. The molecule has 0 atom stereocenters. The van der Waals surface area contributed by atoms with Gasteiger partial charge < -0.3 is 14.4 Å². The van der Waals surface area contributed by atoms with Crippen LogP contribution in [0, 0.1) is 30.3 Å². The van der Waals surface area contributed by atoms with Crippen molar-refractivity contribution in [1.29, 1.82) is 0 Å². The molecule has 4 aromatic rings. The number of hydrogen-bond donors (Lipinski definition) is 1. The van der Waals surface area contributed by atoms with Crippen LogP contribution in [0.3, 0.4) is 0 Å². The summed E-state index contributed by atoms with van der Waals surface area (Å²) in [6, 6.07) is 13.7. The van der Waals surface area contributed by atoms with Gasteiger partial charge in [0, 0.05) is 7.05 Å². The molecular weight excluding hydrogens is 579 g/mol. The van der Waals surface area contributed by atoms with Crippen molar-refractivity contribution in [1.82, 2.24) is 9.55 Å². The van der Waals surface area contributed by atoms with Crippen LogP contribution >= 0.6 is 11.8 Å². The summed E-state index contributed by atoms with van der Waals surface area (Å²) in [5.41, 5.74) is -1.40. The molecule has 0 unspecified atom stereocenters. The largest absolute Gasteiger partial charge is 0.573 e. The number of para-hydroxylation sites is 3. The zero-order valence-corrected chi connectivity index (χ0v) is 21.3. The number of nitro groups is 3. The maximum absolute atomic E-state index is 12.5. The summed E-state index contributed by atoms with van der Waals surface area (Å²) in [6.07, 6.45) is -4.85. The molecule has 1 aromatic heterocycles. The van der Waals surface area contributed by atoms with E-state index < -0.39 is 55.5 Å². The molecule has 4 rings (SSSR count). The molecule has 0 aliphatic heterocycles. The summed E-state index contributed by atoms with van der Waals surface area (Å²) < 4.78 is 43.1. The topological polar surface area (TPSA) is 194 Å². The Bertz CT molecular complexity index is 1620. The average Bonchev–Trinajstić information content (AvgIpc) is 3.22. The number of hydrogen-bond acceptors (Lipinski definition) is 11. The molecule has 0 aliphatic rings. The third-order valence-corrected chi connectivity index (χ3v) is 6.18. The lowest BCUT2D eigenvalue weighted by Gasteiger charge is -2.12. The van der Waals surface area contributed by atoms with Crippen LogP contribution in [0.5, 0.6) is 11.5 Å². The number of alkyl halides is 3. The number of aromatic nitrogens is 2. The van der Waals surface area contributed by atoms with Crippen LogP contribution in [0.25, 0.3) is 11.0 Å². The Hall–Kier alpha value is -5.26. The molecule has 41 heavy (non-hydrogen) atoms. The molecular formula is C23H16F3N5O9S. The zero-order chi connectivity index (χ0) is 30.5. The first-order valence-corrected chi connectivity index (χ1v) is 11.9. The second kappa shape index (κ2) is 12.3. The molecule has 214 valence electrons. The number of aryl methyl sites for hydroxylation is 1. The normalized spacial score (nSPS) is 10.9. The molecule has 0 radical (unpaired) electrons. The summed E-state index contributed by atoms with van der Waals surface area (Å²) in [5, 5.41) is 40.8. The molecule has 0 bridgehead atoms. The predicted molar refractivity (Wildman–Crippen MR) is 137 cm³/mol. The van der Waals surface area contributed by atoms with Gasteiger partial charge >= 0.3 is 17.7 Å². The third-order valence-electron chi connectivity index (χ3n) is 5.15. The molecule has 0 aliphatic carbocycles. The Morgan fingerprint density at radius 1 is 0.976 bits per heavy atom. The number of phenols is 1. The van der Waals surface area contributed by atoms with Crippen molar-refractivity contribution in [3.8, 4) is 11.5 Å². The van der Waals surface area contributed by atoms with Crippen molar-refractivity contribution in [3.05, 3.63) is 96.6 Å². The van der Waals surface area contributed by atoms with Gasteiger partial charge in [0.05, 0.1) is 49.3 Å². The second-order valence-corrected chi connectivity index (χ2v) is 8.74. The number of thioether (sulfide) groups is 1. The summed E-state index contributed by atoms with van der Waals surface area (Å²) in [4.78, 5) is 44.5. The fourth-order valence-corrected chi connectivity index (χ4v) is 4.22. The van der Waals surface area contributed by atoms with E-state index in [2.05, 4.69) is 9.72 Å². The van der Waals surface area contributed by atoms with Crippen LogP contribution in [-0.2, 0) is 7.05 Å². The van der Waals surface area contributed by atoms with Gasteiger partial charge in [-0.2, -0.15) is 0 Å². The SMILES string of the molecule is Cn1c(SCC(=O)c2ccccc2OC(F)(F)F)nc2ccccc21.O=[N+]([O-])c1cc([N+](=O)[O-])c(O)c([N+](=O)[O-])c1. The van der Waals surface area contributed by atoms with Crippen molar-refractivity contribution in [2.45, 2.75) is 11.5 Å². The number of nitro benzene ring substituents is 3. The smallest absolute Gasteiger partial charge is 0.497 e. The zero-order valence-electron chi connectivity index (χ0n) is 20.5. The van der Waals surface area contributed by atoms with Crippen molar-refractivity contribution in [2.75, 3.05) is 5.75 Å². The molecule has 0 saturated carbocycles. The Morgan fingerprint density at radius 3 is 2.07 bits per heavy atom. The number of halogens is 3. The summed E-state index contributed by atoms with van der Waals surface area (Å²) in [5.74, 6) is -2.21. The van der Waals surface area contributed by atoms with E-state index in [9.17, 15) is 48.3 Å². The first kappa shape index (κ1) is 30.3. The van der Waals surface area contributed by atoms with E-state index in [0.717, 1.165) is 17.1 Å². The lowest BCUT2D eigenvalue weighted by Crippen LogP contribution is -2.19. The summed E-state index contributed by atoms with van der Waals surface area (Å²) in [7, 11) is 1.82. The highest BCUT2D eigenvalue weighted by atomic mass is 32.2. The van der Waals surface area contributed by atoms with Gasteiger partial charge in [-0.25, -0.2) is 4.98 Å². The third kappa shape index (κ3) is 7.44. The quantitative estimate of drug-likeness (QED) is 0.116. The monoisotopic (exact) mass is 595 g/mol. The first-order valence-electron chi connectivity index (χ1n) is 10.9. The number of imidazole rings is 1. The number of benzene rings is 3. The Labute approximate surface area is 230 Å². The van der Waals surface area contributed by atoms with Gasteiger partial charge in [-0.1, -0.05) is 36.0 Å². The summed E-state index contributed by atoms with van der Waals surface area (Å²) >= 11 is 1.17. The fourth-order valence-electron chi connectivity index (χ4n) is 3.34. The molecule has 0 amide bonds. The van der Waals surface area contributed by atoms with E-state index in [4.69, 9.17) is 5.11 Å². The number of phenolic OH excluding ortho intramolecular Hbond substituents is 1. The number of ketones is 1. The van der Waals surface area contributed by atoms with Crippen molar-refractivity contribution >= 4 is 45.6 Å². The van der Waals surface area contributed by atoms with Crippen LogP contribution < -0.4 is 4.74 Å². The Morgan fingerprint density at radius 2 is 1.54 bits per heavy atom. The number of fused-ring (bicyclic) bond motifs is 1. The van der Waals surface area contributed by atoms with E-state index in [1.807, 2.05) is 35.9 Å². The maximum atomic E-state index is 12.5. The van der Waals surface area contributed by atoms with Gasteiger partial charge in [0.1, 0.15) is 5.75 Å². The number of ether oxygens (including phenoxy) is 1. The number of carbonyl (C=O) groups is 1. The van der Waals surface area contributed by atoms with Gasteiger partial charge in [0.15, 0.2) is 10.9 Å². The molecule has 0 fully saturated rings. The maximum Gasteiger partial charge on any atom is 0.573 e. The number of aromatic hydroxyl groups is 1. The lowest BCUT2D eigenvalue weighted by atomic mass is 10.1. The second-order valence-electron chi connectivity index (χ2n) is 7.80. The van der Waals surface area contributed by atoms with Crippen molar-refractivity contribution < 1.29 is 42.6 Å². The van der Waals surface area contributed by atoms with Crippen LogP contribution in [-0.4, -0.2) is 47.3 Å². The van der Waals surface area contributed by atoms with Crippen molar-refractivity contribution in [3.63, 3.8) is 0 Å². The highest BCUT2D eigenvalue weighted by Gasteiger charge is 2.33. The van der Waals surface area contributed by atoms with Crippen LogP contribution in [0.15, 0.2) is 65.8 Å². The standard InChI is InChI=1S/C17H13F3N2O2S.C6H3N3O7/c1-22-13-8-4-3-7-12(13)21-16(22)25-10-14(23)11-6-2-5-9-15(11)24-17(18,19)20;10-6-4(8(13)14)1-3(7(11)12)2-5(6)9(15)16/h2-9H,10H2,1H3;1-2,10H. The van der Waals surface area contributed by atoms with E-state index in [-0.39, 0.29) is 11.3 Å². The van der Waals surface area contributed by atoms with Crippen LogP contribution in [0.4, 0.5) is 30.2 Å². The van der Waals surface area contributed by atoms with Gasteiger partial charge in [0.2, 0.25) is 0 Å². The highest BCUT2D eigenvalue weighted by Crippen LogP contribution is 2.39. The number of carbonyl (C=O) groups excluding carboxylic acids is 1. The van der Waals surface area contributed by atoms with Gasteiger partial charge in [-0.3, -0.25) is 35.1 Å². The Kier molecular flexibility index (Phi) is 9.07. The van der Waals surface area contributed by atoms with Crippen molar-refractivity contribution in [2.24, 2.45) is 7.05 Å². The Balaban J connectivity index is 0.000000250. The highest BCUT2D eigenvalue weighted by molar-refractivity contribution is 7.99. The van der Waals surface area contributed by atoms with E-state index in [1.54, 1.807) is 0 Å². The summed E-state index contributed by atoms with van der Waals surface area (Å²) in [6.45, 7) is 0. The van der Waals surface area contributed by atoms with Crippen LogP contribution in [0.1, 0.15) is 10.4 Å². The number of non-ortho nitro benzene ring substituents is 1. The number of Topliss-reactive ketones (excluding diaryl/α,β-unsaturated/α-hetero) is 1. The van der Waals surface area contributed by atoms with E-state index >= 15 is 0 Å². The molecule has 14 nitrogen and oxygen atoms in total. The van der Waals surface area contributed by atoms with Gasteiger partial charge in [0.25, 0.3) is 11.4 Å². The molecule has 3 aromatic carbocycles. The lowest BCUT2D eigenvalue weighted by molar-refractivity contribution is -0.404. The first-order chi connectivity index (χ1) is 19.2. The minimum atomic E-state index is -4.85. The minimum absolute atomic E-state index is 0.0462. The minimum Gasteiger partial charge on any atom is -0.497 e. The van der Waals surface area contributed by atoms with Gasteiger partial charge in [-0.05, 0) is 24.3 Å². The van der Waals surface area contributed by atoms with Gasteiger partial charge in [-0.15, -0.1) is 13.2 Å². The fraction of sp³-hybridized carbons (Fsp3) is 0.130. The molecule has 18 heteroatoms. The molecule has 1 N–H and O–H groups in total. The molecule has 1 heterocycles. The molecule has 0 spiro atoms. The average molecular weight is 595 g/mol. The van der Waals surface area contributed by atoms with E-state index in [1.165, 1.54) is 30.0 Å². The predicted octanol–water partition coefficient (Wildman–Crippen LogP) is 5.56. The number of rotatable bonds is 8. The van der Waals surface area contributed by atoms with Crippen LogP contribution in [0.2, 0.25) is 0 Å².